The van der Waals surface area contributed by atoms with Gasteiger partial charge in [0.2, 0.25) is 0 Å². The van der Waals surface area contributed by atoms with Crippen molar-refractivity contribution in [2.75, 3.05) is 12.0 Å². The molecule has 0 aliphatic heterocycles. The van der Waals surface area contributed by atoms with Crippen LogP contribution in [-0.4, -0.2) is 31.2 Å². The van der Waals surface area contributed by atoms with E-state index >= 15 is 0 Å². The SMILES string of the molecule is Cc1cc(C(=O)CS(C)(=O)=O)ccc1-c1cnc(CCl)c(Cl)c1. The maximum Gasteiger partial charge on any atom is 0.177 e. The van der Waals surface area contributed by atoms with E-state index in [4.69, 9.17) is 23.2 Å². The zero-order valence-electron chi connectivity index (χ0n) is 12.6. The van der Waals surface area contributed by atoms with E-state index in [1.165, 1.54) is 0 Å². The lowest BCUT2D eigenvalue weighted by molar-refractivity contribution is 0.102. The van der Waals surface area contributed by atoms with Crippen LogP contribution in [0, 0.1) is 6.92 Å². The molecule has 0 saturated carbocycles. The first-order valence-corrected chi connectivity index (χ1v) is 9.71. The molecule has 0 spiro atoms. The number of carbonyl (C=O) groups excluding carboxylic acids is 1. The fourth-order valence-corrected chi connectivity index (χ4v) is 3.35. The second-order valence-corrected chi connectivity index (χ2v) is 8.12. The monoisotopic (exact) mass is 371 g/mol. The molecule has 0 aliphatic rings. The smallest absolute Gasteiger partial charge is 0.177 e. The minimum atomic E-state index is -3.35. The summed E-state index contributed by atoms with van der Waals surface area (Å²) in [5.41, 5.74) is 3.49. The number of benzene rings is 1. The summed E-state index contributed by atoms with van der Waals surface area (Å²) < 4.78 is 22.5. The number of Topliss-reactive ketones (excluding diaryl/α,β-unsaturated/α-hetero) is 1. The van der Waals surface area contributed by atoms with Crippen molar-refractivity contribution in [3.63, 3.8) is 0 Å². The molecule has 1 aromatic carbocycles. The molecule has 0 amide bonds. The molecule has 23 heavy (non-hydrogen) atoms. The summed E-state index contributed by atoms with van der Waals surface area (Å²) in [4.78, 5) is 16.2. The van der Waals surface area contributed by atoms with Crippen LogP contribution < -0.4 is 0 Å². The number of hydrogen-bond acceptors (Lipinski definition) is 4. The van der Waals surface area contributed by atoms with Crippen molar-refractivity contribution < 1.29 is 13.2 Å². The van der Waals surface area contributed by atoms with Crippen LogP contribution in [0.3, 0.4) is 0 Å². The molecule has 0 N–H and O–H groups in total. The van der Waals surface area contributed by atoms with Crippen molar-refractivity contribution in [3.05, 3.63) is 52.3 Å². The summed E-state index contributed by atoms with van der Waals surface area (Å²) in [6.45, 7) is 1.84. The van der Waals surface area contributed by atoms with Gasteiger partial charge in [0.05, 0.1) is 16.6 Å². The second kappa shape index (κ2) is 6.99. The number of pyridine rings is 1. The van der Waals surface area contributed by atoms with Crippen LogP contribution in [0.25, 0.3) is 11.1 Å². The van der Waals surface area contributed by atoms with E-state index in [-0.39, 0.29) is 5.88 Å². The third-order valence-corrected chi connectivity index (χ3v) is 4.66. The number of ketones is 1. The van der Waals surface area contributed by atoms with Gasteiger partial charge in [-0.2, -0.15) is 0 Å². The van der Waals surface area contributed by atoms with Gasteiger partial charge in [0.15, 0.2) is 15.6 Å². The Morgan fingerprint density at radius 3 is 2.48 bits per heavy atom. The zero-order valence-corrected chi connectivity index (χ0v) is 15.0. The Labute approximate surface area is 145 Å². The molecule has 0 radical (unpaired) electrons. The lowest BCUT2D eigenvalue weighted by Gasteiger charge is -2.09. The van der Waals surface area contributed by atoms with Crippen LogP contribution in [0.15, 0.2) is 30.5 Å². The molecular weight excluding hydrogens is 357 g/mol. The highest BCUT2D eigenvalue weighted by atomic mass is 35.5. The molecule has 0 unspecified atom stereocenters. The minimum absolute atomic E-state index is 0.233. The predicted molar refractivity (Wildman–Crippen MR) is 93.0 cm³/mol. The summed E-state index contributed by atoms with van der Waals surface area (Å²) in [7, 11) is -3.35. The van der Waals surface area contributed by atoms with E-state index in [9.17, 15) is 13.2 Å². The number of carbonyl (C=O) groups is 1. The van der Waals surface area contributed by atoms with E-state index in [1.54, 1.807) is 30.5 Å². The number of sulfone groups is 1. The molecule has 0 bridgehead atoms. The van der Waals surface area contributed by atoms with Gasteiger partial charge >= 0.3 is 0 Å². The number of nitrogens with zero attached hydrogens (tertiary/aromatic N) is 1. The van der Waals surface area contributed by atoms with Crippen LogP contribution in [-0.2, 0) is 15.7 Å². The molecule has 2 rings (SSSR count). The van der Waals surface area contributed by atoms with Gasteiger partial charge in [-0.05, 0) is 30.2 Å². The number of halogens is 2. The molecule has 1 heterocycles. The van der Waals surface area contributed by atoms with Gasteiger partial charge in [0, 0.05) is 23.6 Å². The standard InChI is InChI=1S/C16H15Cl2NO3S/c1-10-5-11(16(20)9-23(2,21)22)3-4-13(10)12-6-14(18)15(7-17)19-8-12/h3-6,8H,7,9H2,1-2H3. The van der Waals surface area contributed by atoms with Gasteiger partial charge in [-0.3, -0.25) is 9.78 Å². The van der Waals surface area contributed by atoms with E-state index in [0.717, 1.165) is 22.9 Å². The van der Waals surface area contributed by atoms with Gasteiger partial charge in [0.25, 0.3) is 0 Å². The lowest BCUT2D eigenvalue weighted by Crippen LogP contribution is -2.14. The largest absolute Gasteiger partial charge is 0.293 e. The normalized spacial score (nSPS) is 11.5. The van der Waals surface area contributed by atoms with E-state index < -0.39 is 21.4 Å². The molecule has 4 nitrogen and oxygen atoms in total. The average molecular weight is 372 g/mol. The molecule has 2 aromatic rings. The number of rotatable bonds is 5. The number of aryl methyl sites for hydroxylation is 1. The van der Waals surface area contributed by atoms with Crippen molar-refractivity contribution in [1.82, 2.24) is 4.98 Å². The van der Waals surface area contributed by atoms with Crippen molar-refractivity contribution in [2.45, 2.75) is 12.8 Å². The predicted octanol–water partition coefficient (Wildman–Crippen LogP) is 3.68. The van der Waals surface area contributed by atoms with Crippen molar-refractivity contribution in [1.29, 1.82) is 0 Å². The van der Waals surface area contributed by atoms with Crippen molar-refractivity contribution in [2.24, 2.45) is 0 Å². The van der Waals surface area contributed by atoms with E-state index in [1.807, 2.05) is 6.92 Å². The third kappa shape index (κ3) is 4.53. The first-order valence-electron chi connectivity index (χ1n) is 6.73. The van der Waals surface area contributed by atoms with E-state index in [0.29, 0.717) is 16.3 Å². The topological polar surface area (TPSA) is 64.1 Å². The van der Waals surface area contributed by atoms with Gasteiger partial charge in [0.1, 0.15) is 5.75 Å². The highest BCUT2D eigenvalue weighted by molar-refractivity contribution is 7.91. The molecule has 0 fully saturated rings. The molecule has 0 atom stereocenters. The summed E-state index contributed by atoms with van der Waals surface area (Å²) in [5.74, 6) is -0.684. The third-order valence-electron chi connectivity index (χ3n) is 3.30. The Morgan fingerprint density at radius 2 is 1.96 bits per heavy atom. The maximum atomic E-state index is 12.0. The first-order chi connectivity index (χ1) is 10.7. The summed E-state index contributed by atoms with van der Waals surface area (Å²) >= 11 is 11.9. The second-order valence-electron chi connectivity index (χ2n) is 5.31. The molecule has 7 heteroatoms. The first kappa shape index (κ1) is 17.9. The van der Waals surface area contributed by atoms with Crippen LogP contribution >= 0.6 is 23.2 Å². The molecular formula is C16H15Cl2NO3S. The molecule has 122 valence electrons. The Balaban J connectivity index is 2.36. The highest BCUT2D eigenvalue weighted by Gasteiger charge is 2.15. The van der Waals surface area contributed by atoms with E-state index in [2.05, 4.69) is 4.98 Å². The number of alkyl halides is 1. The summed E-state index contributed by atoms with van der Waals surface area (Å²) in [5, 5.41) is 0.481. The number of aromatic nitrogens is 1. The molecule has 1 aromatic heterocycles. The van der Waals surface area contributed by atoms with Gasteiger partial charge in [-0.25, -0.2) is 8.42 Å². The van der Waals surface area contributed by atoms with Crippen LogP contribution in [0.1, 0.15) is 21.6 Å². The average Bonchev–Trinajstić information content (AvgIpc) is 2.45. The molecule has 0 saturated heterocycles. The lowest BCUT2D eigenvalue weighted by atomic mass is 9.98. The van der Waals surface area contributed by atoms with Crippen molar-refractivity contribution >= 4 is 38.8 Å². The van der Waals surface area contributed by atoms with Crippen molar-refractivity contribution in [3.8, 4) is 11.1 Å². The minimum Gasteiger partial charge on any atom is -0.293 e. The van der Waals surface area contributed by atoms with Crippen LogP contribution in [0.4, 0.5) is 0 Å². The zero-order chi connectivity index (χ0) is 17.2. The summed E-state index contributed by atoms with van der Waals surface area (Å²) in [6.07, 6.45) is 2.71. The Morgan fingerprint density at radius 1 is 1.26 bits per heavy atom. The molecule has 0 aliphatic carbocycles. The van der Waals surface area contributed by atoms with Gasteiger partial charge < -0.3 is 0 Å². The van der Waals surface area contributed by atoms with Gasteiger partial charge in [-0.1, -0.05) is 23.7 Å². The quantitative estimate of drug-likeness (QED) is 0.593. The fraction of sp³-hybridized carbons (Fsp3) is 0.250. The Hall–Kier alpha value is -1.43. The fourth-order valence-electron chi connectivity index (χ4n) is 2.19. The van der Waals surface area contributed by atoms with Crippen LogP contribution in [0.5, 0.6) is 0 Å². The van der Waals surface area contributed by atoms with Gasteiger partial charge in [-0.15, -0.1) is 11.6 Å². The van der Waals surface area contributed by atoms with Crippen LogP contribution in [0.2, 0.25) is 5.02 Å². The number of hydrogen-bond donors (Lipinski definition) is 0. The maximum absolute atomic E-state index is 12.0. The summed E-state index contributed by atoms with van der Waals surface area (Å²) in [6, 6.07) is 6.82. The Bertz CT molecular complexity index is 864. The highest BCUT2D eigenvalue weighted by Crippen LogP contribution is 2.28. The Kier molecular flexibility index (Phi) is 5.45.